The molecule has 0 radical (unpaired) electrons. The molecular formula is C7H18N2O2. The van der Waals surface area contributed by atoms with Gasteiger partial charge in [-0.15, -0.1) is 0 Å². The maximum absolute atomic E-state index is 8.60. The molecule has 0 aliphatic heterocycles. The summed E-state index contributed by atoms with van der Waals surface area (Å²) in [5.41, 5.74) is 3.08. The Morgan fingerprint density at radius 3 is 2.09 bits per heavy atom. The van der Waals surface area contributed by atoms with Crippen LogP contribution in [0.25, 0.3) is 0 Å². The molecule has 0 aromatic heterocycles. The molecule has 4 heteroatoms. The minimum Gasteiger partial charge on any atom is -0.395 e. The molecule has 0 fully saturated rings. The Kier molecular flexibility index (Phi) is 7.83. The molecule has 0 heterocycles. The van der Waals surface area contributed by atoms with E-state index < -0.39 is 0 Å². The number of nitrogens with one attached hydrogen (secondary N) is 1. The molecule has 0 aromatic rings. The molecule has 0 amide bonds. The highest BCUT2D eigenvalue weighted by molar-refractivity contribution is 4.49. The molecule has 0 bridgehead atoms. The number of hydrazine groups is 1. The minimum atomic E-state index is 0.122. The van der Waals surface area contributed by atoms with E-state index in [1.165, 1.54) is 0 Å². The highest BCUT2D eigenvalue weighted by Gasteiger charge is 1.99. The second kappa shape index (κ2) is 7.94. The van der Waals surface area contributed by atoms with E-state index in [1.54, 1.807) is 0 Å². The molecule has 0 saturated heterocycles. The number of rotatable bonds is 7. The third-order valence-corrected chi connectivity index (χ3v) is 1.33. The summed E-state index contributed by atoms with van der Waals surface area (Å²) in [4.78, 5) is 0. The van der Waals surface area contributed by atoms with Crippen LogP contribution in [0.2, 0.25) is 0 Å². The van der Waals surface area contributed by atoms with Crippen LogP contribution in [-0.2, 0) is 0 Å². The topological polar surface area (TPSA) is 55.7 Å². The van der Waals surface area contributed by atoms with E-state index in [0.29, 0.717) is 13.1 Å². The van der Waals surface area contributed by atoms with Gasteiger partial charge in [-0.1, -0.05) is 6.92 Å². The Bertz CT molecular complexity index is 74.8. The molecule has 0 atom stereocenters. The molecular weight excluding hydrogens is 144 g/mol. The zero-order valence-corrected chi connectivity index (χ0v) is 7.08. The lowest BCUT2D eigenvalue weighted by atomic mass is 10.5. The van der Waals surface area contributed by atoms with Crippen molar-refractivity contribution in [2.75, 3.05) is 32.8 Å². The van der Waals surface area contributed by atoms with Gasteiger partial charge in [-0.25, -0.2) is 5.01 Å². The van der Waals surface area contributed by atoms with Crippen molar-refractivity contribution in [3.63, 3.8) is 0 Å². The summed E-state index contributed by atoms with van der Waals surface area (Å²) in [6.45, 7) is 4.34. The first kappa shape index (κ1) is 10.8. The number of aliphatic hydroxyl groups excluding tert-OH is 2. The SMILES string of the molecule is CCCNN(CCO)CCO. The fourth-order valence-corrected chi connectivity index (χ4v) is 0.781. The Balaban J connectivity index is 3.34. The molecule has 0 unspecified atom stereocenters. The average Bonchev–Trinajstić information content (AvgIpc) is 2.01. The van der Waals surface area contributed by atoms with Crippen LogP contribution in [-0.4, -0.2) is 48.1 Å². The zero-order chi connectivity index (χ0) is 8.53. The first-order valence-electron chi connectivity index (χ1n) is 4.05. The summed E-state index contributed by atoms with van der Waals surface area (Å²) < 4.78 is 0. The van der Waals surface area contributed by atoms with Crippen molar-refractivity contribution in [3.8, 4) is 0 Å². The summed E-state index contributed by atoms with van der Waals surface area (Å²) >= 11 is 0. The van der Waals surface area contributed by atoms with Crippen LogP contribution in [0.3, 0.4) is 0 Å². The van der Waals surface area contributed by atoms with Gasteiger partial charge in [-0.3, -0.25) is 5.43 Å². The minimum absolute atomic E-state index is 0.122. The molecule has 3 N–H and O–H groups in total. The van der Waals surface area contributed by atoms with Crippen molar-refractivity contribution < 1.29 is 10.2 Å². The third kappa shape index (κ3) is 6.25. The second-order valence-corrected chi connectivity index (χ2v) is 2.34. The fraction of sp³-hybridized carbons (Fsp3) is 1.00. The highest BCUT2D eigenvalue weighted by atomic mass is 16.3. The van der Waals surface area contributed by atoms with Crippen molar-refractivity contribution in [2.45, 2.75) is 13.3 Å². The summed E-state index contributed by atoms with van der Waals surface area (Å²) in [6.07, 6.45) is 1.05. The van der Waals surface area contributed by atoms with E-state index >= 15 is 0 Å². The van der Waals surface area contributed by atoms with E-state index in [-0.39, 0.29) is 13.2 Å². The van der Waals surface area contributed by atoms with Gasteiger partial charge in [0.25, 0.3) is 0 Å². The van der Waals surface area contributed by atoms with E-state index in [9.17, 15) is 0 Å². The summed E-state index contributed by atoms with van der Waals surface area (Å²) in [6, 6.07) is 0. The number of hydrogen-bond donors (Lipinski definition) is 3. The van der Waals surface area contributed by atoms with E-state index in [0.717, 1.165) is 13.0 Å². The van der Waals surface area contributed by atoms with Crippen molar-refractivity contribution in [3.05, 3.63) is 0 Å². The maximum atomic E-state index is 8.60. The van der Waals surface area contributed by atoms with Crippen LogP contribution in [0, 0.1) is 0 Å². The molecule has 0 aromatic carbocycles. The smallest absolute Gasteiger partial charge is 0.0572 e. The molecule has 0 saturated carbocycles. The molecule has 11 heavy (non-hydrogen) atoms. The first-order valence-corrected chi connectivity index (χ1v) is 4.05. The first-order chi connectivity index (χ1) is 5.35. The van der Waals surface area contributed by atoms with Gasteiger partial charge in [0.1, 0.15) is 0 Å². The quantitative estimate of drug-likeness (QED) is 0.428. The van der Waals surface area contributed by atoms with Crippen molar-refractivity contribution >= 4 is 0 Å². The normalized spacial score (nSPS) is 10.9. The zero-order valence-electron chi connectivity index (χ0n) is 7.08. The van der Waals surface area contributed by atoms with Crippen LogP contribution in [0.15, 0.2) is 0 Å². The van der Waals surface area contributed by atoms with Crippen molar-refractivity contribution in [1.82, 2.24) is 10.4 Å². The molecule has 0 aliphatic rings. The number of nitrogens with zero attached hydrogens (tertiary/aromatic N) is 1. The lowest BCUT2D eigenvalue weighted by Gasteiger charge is -2.20. The van der Waals surface area contributed by atoms with Gasteiger partial charge >= 0.3 is 0 Å². The number of aliphatic hydroxyl groups is 2. The molecule has 68 valence electrons. The fourth-order valence-electron chi connectivity index (χ4n) is 0.781. The summed E-state index contributed by atoms with van der Waals surface area (Å²) in [5, 5.41) is 19.0. The Labute approximate surface area is 67.8 Å². The van der Waals surface area contributed by atoms with Gasteiger partial charge in [0, 0.05) is 19.6 Å². The Morgan fingerprint density at radius 2 is 1.73 bits per heavy atom. The van der Waals surface area contributed by atoms with Gasteiger partial charge in [-0.05, 0) is 6.42 Å². The number of hydrogen-bond acceptors (Lipinski definition) is 4. The lowest BCUT2D eigenvalue weighted by Crippen LogP contribution is -2.42. The monoisotopic (exact) mass is 162 g/mol. The Hall–Kier alpha value is -0.160. The maximum Gasteiger partial charge on any atom is 0.0572 e. The predicted octanol–water partition coefficient (Wildman–Crippen LogP) is -0.812. The molecule has 4 nitrogen and oxygen atoms in total. The van der Waals surface area contributed by atoms with E-state index in [4.69, 9.17) is 10.2 Å². The molecule has 0 spiro atoms. The average molecular weight is 162 g/mol. The largest absolute Gasteiger partial charge is 0.395 e. The predicted molar refractivity (Wildman–Crippen MR) is 44.0 cm³/mol. The van der Waals surface area contributed by atoms with Gasteiger partial charge in [0.2, 0.25) is 0 Å². The van der Waals surface area contributed by atoms with E-state index in [2.05, 4.69) is 12.3 Å². The summed E-state index contributed by atoms with van der Waals surface area (Å²) in [5.74, 6) is 0. The van der Waals surface area contributed by atoms with Crippen LogP contribution < -0.4 is 5.43 Å². The van der Waals surface area contributed by atoms with Gasteiger partial charge in [0.15, 0.2) is 0 Å². The standard InChI is InChI=1S/C7H18N2O2/c1-2-3-8-9(4-6-10)5-7-11/h8,10-11H,2-7H2,1H3. The lowest BCUT2D eigenvalue weighted by molar-refractivity contribution is 0.115. The van der Waals surface area contributed by atoms with Gasteiger partial charge in [-0.2, -0.15) is 0 Å². The Morgan fingerprint density at radius 1 is 1.18 bits per heavy atom. The van der Waals surface area contributed by atoms with Gasteiger partial charge in [0.05, 0.1) is 13.2 Å². The van der Waals surface area contributed by atoms with Crippen LogP contribution in [0.4, 0.5) is 0 Å². The summed E-state index contributed by atoms with van der Waals surface area (Å²) in [7, 11) is 0. The molecule has 0 rings (SSSR count). The van der Waals surface area contributed by atoms with Crippen LogP contribution >= 0.6 is 0 Å². The third-order valence-electron chi connectivity index (χ3n) is 1.33. The van der Waals surface area contributed by atoms with Crippen LogP contribution in [0.5, 0.6) is 0 Å². The molecule has 0 aliphatic carbocycles. The second-order valence-electron chi connectivity index (χ2n) is 2.34. The van der Waals surface area contributed by atoms with Crippen molar-refractivity contribution in [1.29, 1.82) is 0 Å². The van der Waals surface area contributed by atoms with E-state index in [1.807, 2.05) is 5.01 Å². The highest BCUT2D eigenvalue weighted by Crippen LogP contribution is 1.81. The van der Waals surface area contributed by atoms with Crippen LogP contribution in [0.1, 0.15) is 13.3 Å². The van der Waals surface area contributed by atoms with Crippen molar-refractivity contribution in [2.24, 2.45) is 0 Å². The van der Waals surface area contributed by atoms with Gasteiger partial charge < -0.3 is 10.2 Å².